The fourth-order valence-electron chi connectivity index (χ4n) is 4.62. The smallest absolute Gasteiger partial charge is 0.247 e. The maximum Gasteiger partial charge on any atom is 0.247 e. The van der Waals surface area contributed by atoms with Gasteiger partial charge in [0.25, 0.3) is 0 Å². The molecular formula is C30H33BrN2O4. The van der Waals surface area contributed by atoms with E-state index in [1.165, 1.54) is 0 Å². The van der Waals surface area contributed by atoms with Crippen molar-refractivity contribution >= 4 is 27.7 Å². The Morgan fingerprint density at radius 3 is 2.30 bits per heavy atom. The normalized spacial score (nSPS) is 14.6. The zero-order valence-corrected chi connectivity index (χ0v) is 22.4. The van der Waals surface area contributed by atoms with Gasteiger partial charge in [0.05, 0.1) is 0 Å². The van der Waals surface area contributed by atoms with Crippen LogP contribution in [0.1, 0.15) is 42.0 Å². The Hall–Kier alpha value is -3.16. The summed E-state index contributed by atoms with van der Waals surface area (Å²) in [4.78, 5) is 29.3. The number of hydrogen-bond donors (Lipinski definition) is 2. The van der Waals surface area contributed by atoms with Gasteiger partial charge < -0.3 is 20.1 Å². The monoisotopic (exact) mass is 564 g/mol. The highest BCUT2D eigenvalue weighted by atomic mass is 79.9. The summed E-state index contributed by atoms with van der Waals surface area (Å²) < 4.78 is 6.45. The van der Waals surface area contributed by atoms with E-state index in [1.54, 1.807) is 17.0 Å². The number of nitrogens with zero attached hydrogens (tertiary/aromatic N) is 1. The quantitative estimate of drug-likeness (QED) is 0.345. The number of benzene rings is 3. The summed E-state index contributed by atoms with van der Waals surface area (Å²) in [5.74, 6) is 0.200. The van der Waals surface area contributed by atoms with Crippen molar-refractivity contribution in [2.45, 2.75) is 38.3 Å². The summed E-state index contributed by atoms with van der Waals surface area (Å²) in [6, 6.07) is 23.5. The SMILES string of the molecule is O=C(NCc1ccccc1)C(c1ccc(Br)cc1)N(CC1CCOCC1)C(=O)CCc1ccc(O)cc1. The number of phenols is 1. The minimum absolute atomic E-state index is 0.0673. The standard InChI is InChI=1S/C30H33BrN2O4/c31-26-11-9-25(10-12-26)29(30(36)32-20-23-4-2-1-3-5-23)33(21-24-16-18-37-19-17-24)28(35)15-8-22-6-13-27(34)14-7-22/h1-7,9-14,24,29,34H,8,15-21H2,(H,32,36). The molecule has 2 amide bonds. The van der Waals surface area contributed by atoms with Gasteiger partial charge in [0, 0.05) is 37.2 Å². The number of ether oxygens (including phenoxy) is 1. The van der Waals surface area contributed by atoms with Gasteiger partial charge in [-0.3, -0.25) is 9.59 Å². The molecule has 0 saturated carbocycles. The van der Waals surface area contributed by atoms with Crippen LogP contribution in [0.25, 0.3) is 0 Å². The maximum absolute atomic E-state index is 13.8. The van der Waals surface area contributed by atoms with E-state index >= 15 is 0 Å². The second kappa shape index (κ2) is 13.4. The summed E-state index contributed by atoms with van der Waals surface area (Å²) in [6.45, 7) is 2.23. The summed E-state index contributed by atoms with van der Waals surface area (Å²) in [5, 5.41) is 12.7. The minimum atomic E-state index is -0.744. The number of rotatable bonds is 10. The Labute approximate surface area is 226 Å². The Kier molecular flexibility index (Phi) is 9.74. The second-order valence-corrected chi connectivity index (χ2v) is 10.3. The van der Waals surface area contributed by atoms with E-state index in [1.807, 2.05) is 66.7 Å². The lowest BCUT2D eigenvalue weighted by Crippen LogP contribution is -2.46. The predicted molar refractivity (Wildman–Crippen MR) is 147 cm³/mol. The van der Waals surface area contributed by atoms with Gasteiger partial charge in [-0.1, -0.05) is 70.5 Å². The van der Waals surface area contributed by atoms with Crippen molar-refractivity contribution in [2.75, 3.05) is 19.8 Å². The molecule has 0 aliphatic carbocycles. The molecule has 194 valence electrons. The highest BCUT2D eigenvalue weighted by molar-refractivity contribution is 9.10. The van der Waals surface area contributed by atoms with Gasteiger partial charge in [0.15, 0.2) is 0 Å². The average Bonchev–Trinajstić information content (AvgIpc) is 2.93. The third-order valence-corrected chi connectivity index (χ3v) is 7.26. The van der Waals surface area contributed by atoms with Crippen molar-refractivity contribution in [3.63, 3.8) is 0 Å². The average molecular weight is 566 g/mol. The van der Waals surface area contributed by atoms with Gasteiger partial charge in [0.1, 0.15) is 11.8 Å². The zero-order chi connectivity index (χ0) is 26.0. The van der Waals surface area contributed by atoms with Gasteiger partial charge in [-0.05, 0) is 66.1 Å². The van der Waals surface area contributed by atoms with Crippen molar-refractivity contribution < 1.29 is 19.4 Å². The first-order chi connectivity index (χ1) is 18.0. The Balaban J connectivity index is 1.59. The maximum atomic E-state index is 13.8. The van der Waals surface area contributed by atoms with E-state index in [0.717, 1.165) is 34.0 Å². The van der Waals surface area contributed by atoms with Gasteiger partial charge in [-0.25, -0.2) is 0 Å². The molecule has 0 radical (unpaired) electrons. The minimum Gasteiger partial charge on any atom is -0.508 e. The molecule has 6 nitrogen and oxygen atoms in total. The van der Waals surface area contributed by atoms with Crippen LogP contribution in [0.3, 0.4) is 0 Å². The lowest BCUT2D eigenvalue weighted by molar-refractivity contribution is -0.142. The summed E-state index contributed by atoms with van der Waals surface area (Å²) in [5.41, 5.74) is 2.74. The molecule has 0 spiro atoms. The van der Waals surface area contributed by atoms with Gasteiger partial charge in [-0.2, -0.15) is 0 Å². The molecule has 1 aliphatic heterocycles. The number of phenolic OH excluding ortho intramolecular Hbond substituents is 1. The number of carbonyl (C=O) groups excluding carboxylic acids is 2. The highest BCUT2D eigenvalue weighted by Gasteiger charge is 2.33. The van der Waals surface area contributed by atoms with Crippen LogP contribution in [-0.2, 0) is 27.3 Å². The van der Waals surface area contributed by atoms with Gasteiger partial charge >= 0.3 is 0 Å². The van der Waals surface area contributed by atoms with Crippen LogP contribution in [0.5, 0.6) is 5.75 Å². The molecule has 1 heterocycles. The van der Waals surface area contributed by atoms with Crippen LogP contribution >= 0.6 is 15.9 Å². The molecule has 7 heteroatoms. The number of halogens is 1. The first kappa shape index (κ1) is 26.9. The van der Waals surface area contributed by atoms with Crippen LogP contribution < -0.4 is 5.32 Å². The molecule has 1 saturated heterocycles. The number of nitrogens with one attached hydrogen (secondary N) is 1. The van der Waals surface area contributed by atoms with Crippen LogP contribution in [0.2, 0.25) is 0 Å². The van der Waals surface area contributed by atoms with Crippen molar-refractivity contribution in [3.05, 3.63) is 100 Å². The number of carbonyl (C=O) groups is 2. The van der Waals surface area contributed by atoms with E-state index < -0.39 is 6.04 Å². The van der Waals surface area contributed by atoms with E-state index in [4.69, 9.17) is 4.74 Å². The molecule has 3 aromatic carbocycles. The van der Waals surface area contributed by atoms with Crippen LogP contribution in [-0.4, -0.2) is 41.6 Å². The summed E-state index contributed by atoms with van der Waals surface area (Å²) in [6.07, 6.45) is 2.52. The number of hydrogen-bond acceptors (Lipinski definition) is 4. The van der Waals surface area contributed by atoms with Crippen molar-refractivity contribution in [1.82, 2.24) is 10.2 Å². The first-order valence-corrected chi connectivity index (χ1v) is 13.5. The van der Waals surface area contributed by atoms with Crippen molar-refractivity contribution in [2.24, 2.45) is 5.92 Å². The number of aromatic hydroxyl groups is 1. The topological polar surface area (TPSA) is 78.9 Å². The van der Waals surface area contributed by atoms with Crippen molar-refractivity contribution in [3.8, 4) is 5.75 Å². The lowest BCUT2D eigenvalue weighted by Gasteiger charge is -2.35. The largest absolute Gasteiger partial charge is 0.508 e. The van der Waals surface area contributed by atoms with Gasteiger partial charge in [0.2, 0.25) is 11.8 Å². The fraction of sp³-hybridized carbons (Fsp3) is 0.333. The van der Waals surface area contributed by atoms with Crippen LogP contribution in [0, 0.1) is 5.92 Å². The van der Waals surface area contributed by atoms with E-state index in [2.05, 4.69) is 21.2 Å². The van der Waals surface area contributed by atoms with E-state index in [-0.39, 0.29) is 29.9 Å². The predicted octanol–water partition coefficient (Wildman–Crippen LogP) is 5.40. The Morgan fingerprint density at radius 1 is 0.946 bits per heavy atom. The zero-order valence-electron chi connectivity index (χ0n) is 20.8. The number of amides is 2. The first-order valence-electron chi connectivity index (χ1n) is 12.7. The molecule has 0 aromatic heterocycles. The Bertz CT molecular complexity index is 1150. The molecular weight excluding hydrogens is 532 g/mol. The number of aryl methyl sites for hydroxylation is 1. The third kappa shape index (κ3) is 7.91. The van der Waals surface area contributed by atoms with Gasteiger partial charge in [-0.15, -0.1) is 0 Å². The van der Waals surface area contributed by atoms with Crippen LogP contribution in [0.4, 0.5) is 0 Å². The second-order valence-electron chi connectivity index (χ2n) is 9.43. The van der Waals surface area contributed by atoms with Crippen LogP contribution in [0.15, 0.2) is 83.3 Å². The lowest BCUT2D eigenvalue weighted by atomic mass is 9.96. The summed E-state index contributed by atoms with van der Waals surface area (Å²) >= 11 is 3.48. The van der Waals surface area contributed by atoms with E-state index in [9.17, 15) is 14.7 Å². The molecule has 2 N–H and O–H groups in total. The molecule has 3 aromatic rings. The molecule has 37 heavy (non-hydrogen) atoms. The molecule has 4 rings (SSSR count). The fourth-order valence-corrected chi connectivity index (χ4v) is 4.88. The van der Waals surface area contributed by atoms with E-state index in [0.29, 0.717) is 32.7 Å². The molecule has 1 aliphatic rings. The van der Waals surface area contributed by atoms with Crippen molar-refractivity contribution in [1.29, 1.82) is 0 Å². The highest BCUT2D eigenvalue weighted by Crippen LogP contribution is 2.28. The molecule has 1 unspecified atom stereocenters. The summed E-state index contributed by atoms with van der Waals surface area (Å²) in [7, 11) is 0. The molecule has 1 fully saturated rings. The molecule has 1 atom stereocenters. The molecule has 0 bridgehead atoms. The Morgan fingerprint density at radius 2 is 1.62 bits per heavy atom. The third-order valence-electron chi connectivity index (χ3n) is 6.74.